The third-order valence-electron chi connectivity index (χ3n) is 1.11. The Balaban J connectivity index is 3.58. The molecule has 5 nitrogen and oxygen atoms in total. The quantitative estimate of drug-likeness (QED) is 0.382. The summed E-state index contributed by atoms with van der Waals surface area (Å²) >= 11 is 0. The lowest BCUT2D eigenvalue weighted by Crippen LogP contribution is -2.17. The number of hydrogen-bond donors (Lipinski definition) is 1. The molecule has 0 aromatic carbocycles. The predicted molar refractivity (Wildman–Crippen MR) is 41.1 cm³/mol. The molecule has 0 bridgehead atoms. The monoisotopic (exact) mass is 173 g/mol. The number of nitrogens with two attached hydrogens (primary N) is 1. The van der Waals surface area contributed by atoms with E-state index in [0.717, 1.165) is 0 Å². The summed E-state index contributed by atoms with van der Waals surface area (Å²) < 4.78 is 8.61. The standard InChI is InChI=1S/C7H11NO4/c1-3-5(2)6(9)11-4-12-7(8)10/h2-4H2,1H3,(H2,8,10). The Morgan fingerprint density at radius 1 is 1.42 bits per heavy atom. The average molecular weight is 173 g/mol. The number of amides is 1. The molecule has 0 saturated carbocycles. The molecule has 0 unspecified atom stereocenters. The van der Waals surface area contributed by atoms with E-state index in [2.05, 4.69) is 21.8 Å². The van der Waals surface area contributed by atoms with Crippen LogP contribution in [0.5, 0.6) is 0 Å². The maximum Gasteiger partial charge on any atom is 0.407 e. The highest BCUT2D eigenvalue weighted by atomic mass is 16.7. The highest BCUT2D eigenvalue weighted by Crippen LogP contribution is 1.98. The van der Waals surface area contributed by atoms with Gasteiger partial charge in [0.25, 0.3) is 0 Å². The third kappa shape index (κ3) is 4.32. The number of carbonyl (C=O) groups excluding carboxylic acids is 2. The van der Waals surface area contributed by atoms with E-state index in [4.69, 9.17) is 0 Å². The predicted octanol–water partition coefficient (Wildman–Crippen LogP) is 0.549. The van der Waals surface area contributed by atoms with Gasteiger partial charge >= 0.3 is 12.1 Å². The lowest BCUT2D eigenvalue weighted by atomic mass is 10.2. The number of ether oxygens (including phenoxy) is 2. The Labute approximate surface area is 70.1 Å². The van der Waals surface area contributed by atoms with E-state index in [1.807, 2.05) is 0 Å². The van der Waals surface area contributed by atoms with Crippen molar-refractivity contribution in [2.75, 3.05) is 6.79 Å². The molecule has 0 saturated heterocycles. The van der Waals surface area contributed by atoms with Crippen LogP contribution in [-0.2, 0) is 14.3 Å². The Bertz CT molecular complexity index is 200. The van der Waals surface area contributed by atoms with Crippen molar-refractivity contribution in [1.82, 2.24) is 0 Å². The number of carbonyl (C=O) groups is 2. The largest absolute Gasteiger partial charge is 0.424 e. The molecule has 0 heterocycles. The smallest absolute Gasteiger partial charge is 0.407 e. The molecule has 0 aliphatic carbocycles. The molecule has 0 aromatic heterocycles. The van der Waals surface area contributed by atoms with Crippen molar-refractivity contribution in [1.29, 1.82) is 0 Å². The molecule has 1 amide bonds. The summed E-state index contributed by atoms with van der Waals surface area (Å²) in [6.07, 6.45) is -0.486. The molecule has 0 aliphatic heterocycles. The molecule has 0 rings (SSSR count). The van der Waals surface area contributed by atoms with Crippen LogP contribution in [0, 0.1) is 0 Å². The lowest BCUT2D eigenvalue weighted by molar-refractivity contribution is -0.147. The van der Waals surface area contributed by atoms with Crippen LogP contribution in [0.4, 0.5) is 4.79 Å². The minimum atomic E-state index is -0.982. The normalized spacial score (nSPS) is 8.75. The second kappa shape index (κ2) is 5.17. The first-order chi connectivity index (χ1) is 5.57. The van der Waals surface area contributed by atoms with Crippen LogP contribution in [0.2, 0.25) is 0 Å². The summed E-state index contributed by atoms with van der Waals surface area (Å²) in [6.45, 7) is 4.72. The van der Waals surface area contributed by atoms with Gasteiger partial charge in [-0.15, -0.1) is 0 Å². The van der Waals surface area contributed by atoms with E-state index in [0.29, 0.717) is 12.0 Å². The van der Waals surface area contributed by atoms with Crippen LogP contribution in [0.25, 0.3) is 0 Å². The molecular formula is C7H11NO4. The maximum absolute atomic E-state index is 10.8. The Hall–Kier alpha value is -1.52. The number of rotatable bonds is 4. The van der Waals surface area contributed by atoms with Gasteiger partial charge in [-0.2, -0.15) is 0 Å². The molecule has 5 heteroatoms. The van der Waals surface area contributed by atoms with Gasteiger partial charge in [-0.1, -0.05) is 13.5 Å². The first-order valence-electron chi connectivity index (χ1n) is 3.35. The molecule has 0 atom stereocenters. The first kappa shape index (κ1) is 10.5. The Kier molecular flexibility index (Phi) is 4.52. The molecule has 68 valence electrons. The van der Waals surface area contributed by atoms with Gasteiger partial charge < -0.3 is 15.2 Å². The second-order valence-corrected chi connectivity index (χ2v) is 1.97. The van der Waals surface area contributed by atoms with Crippen LogP contribution in [0.1, 0.15) is 13.3 Å². The van der Waals surface area contributed by atoms with Crippen molar-refractivity contribution < 1.29 is 19.1 Å². The molecule has 0 radical (unpaired) electrons. The minimum Gasteiger partial charge on any atom is -0.424 e. The molecular weight excluding hydrogens is 162 g/mol. The van der Waals surface area contributed by atoms with E-state index in [-0.39, 0.29) is 0 Å². The molecule has 0 aliphatic rings. The molecule has 2 N–H and O–H groups in total. The maximum atomic E-state index is 10.8. The first-order valence-corrected chi connectivity index (χ1v) is 3.35. The van der Waals surface area contributed by atoms with Crippen LogP contribution in [0.15, 0.2) is 12.2 Å². The zero-order valence-electron chi connectivity index (χ0n) is 6.83. The highest BCUT2D eigenvalue weighted by molar-refractivity contribution is 5.87. The summed E-state index contributed by atoms with van der Waals surface area (Å²) in [5.74, 6) is -0.584. The number of hydrogen-bond acceptors (Lipinski definition) is 4. The van der Waals surface area contributed by atoms with Gasteiger partial charge in [-0.3, -0.25) is 0 Å². The van der Waals surface area contributed by atoms with Crippen molar-refractivity contribution in [3.8, 4) is 0 Å². The summed E-state index contributed by atoms with van der Waals surface area (Å²) in [4.78, 5) is 20.8. The number of esters is 1. The summed E-state index contributed by atoms with van der Waals surface area (Å²) in [5, 5.41) is 0. The van der Waals surface area contributed by atoms with Crippen LogP contribution < -0.4 is 5.73 Å². The highest BCUT2D eigenvalue weighted by Gasteiger charge is 2.05. The van der Waals surface area contributed by atoms with Crippen molar-refractivity contribution in [2.24, 2.45) is 5.73 Å². The van der Waals surface area contributed by atoms with E-state index in [1.54, 1.807) is 6.92 Å². The van der Waals surface area contributed by atoms with E-state index in [1.165, 1.54) is 0 Å². The molecule has 0 aromatic rings. The number of primary amides is 1. The minimum absolute atomic E-state index is 0.322. The van der Waals surface area contributed by atoms with Crippen LogP contribution in [0.3, 0.4) is 0 Å². The van der Waals surface area contributed by atoms with Gasteiger partial charge in [0, 0.05) is 5.57 Å². The SMILES string of the molecule is C=C(CC)C(=O)OCOC(N)=O. The fourth-order valence-corrected chi connectivity index (χ4v) is 0.387. The summed E-state index contributed by atoms with van der Waals surface area (Å²) in [6, 6.07) is 0. The van der Waals surface area contributed by atoms with Gasteiger partial charge in [0.2, 0.25) is 6.79 Å². The lowest BCUT2D eigenvalue weighted by Gasteiger charge is -2.03. The summed E-state index contributed by atoms with van der Waals surface area (Å²) in [7, 11) is 0. The second-order valence-electron chi connectivity index (χ2n) is 1.97. The topological polar surface area (TPSA) is 78.6 Å². The fourth-order valence-electron chi connectivity index (χ4n) is 0.387. The van der Waals surface area contributed by atoms with E-state index in [9.17, 15) is 9.59 Å². The van der Waals surface area contributed by atoms with Gasteiger partial charge in [0.05, 0.1) is 0 Å². The van der Waals surface area contributed by atoms with Gasteiger partial charge in [-0.05, 0) is 6.42 Å². The van der Waals surface area contributed by atoms with Crippen LogP contribution >= 0.6 is 0 Å². The van der Waals surface area contributed by atoms with Gasteiger partial charge in [-0.25, -0.2) is 9.59 Å². The molecule has 0 fully saturated rings. The zero-order chi connectivity index (χ0) is 9.56. The van der Waals surface area contributed by atoms with Crippen molar-refractivity contribution in [2.45, 2.75) is 13.3 Å². The third-order valence-corrected chi connectivity index (χ3v) is 1.11. The Morgan fingerprint density at radius 3 is 2.42 bits per heavy atom. The fraction of sp³-hybridized carbons (Fsp3) is 0.429. The van der Waals surface area contributed by atoms with E-state index < -0.39 is 18.9 Å². The average Bonchev–Trinajstić information content (AvgIpc) is 2.02. The van der Waals surface area contributed by atoms with E-state index >= 15 is 0 Å². The van der Waals surface area contributed by atoms with Crippen molar-refractivity contribution in [3.05, 3.63) is 12.2 Å². The van der Waals surface area contributed by atoms with Crippen LogP contribution in [-0.4, -0.2) is 18.9 Å². The van der Waals surface area contributed by atoms with Crippen molar-refractivity contribution >= 4 is 12.1 Å². The molecule has 0 spiro atoms. The van der Waals surface area contributed by atoms with Gasteiger partial charge in [0.15, 0.2) is 0 Å². The van der Waals surface area contributed by atoms with Crippen molar-refractivity contribution in [3.63, 3.8) is 0 Å². The molecule has 12 heavy (non-hydrogen) atoms. The van der Waals surface area contributed by atoms with Gasteiger partial charge in [0.1, 0.15) is 0 Å². The summed E-state index contributed by atoms with van der Waals surface area (Å²) in [5.41, 5.74) is 4.93. The zero-order valence-corrected chi connectivity index (χ0v) is 6.83. The Morgan fingerprint density at radius 2 is 2.00 bits per heavy atom.